The van der Waals surface area contributed by atoms with E-state index in [1.54, 1.807) is 11.3 Å². The molecule has 0 radical (unpaired) electrons. The molecule has 0 aliphatic carbocycles. The number of benzene rings is 1. The number of thiophene rings is 1. The minimum absolute atomic E-state index is 0.0923. The fraction of sp³-hybridized carbons (Fsp3) is 0.381. The molecule has 5 heteroatoms. The number of rotatable bonds is 6. The summed E-state index contributed by atoms with van der Waals surface area (Å²) in [7, 11) is 0. The monoisotopic (exact) mass is 367 g/mol. The van der Waals surface area contributed by atoms with Crippen LogP contribution in [0.25, 0.3) is 10.9 Å². The Morgan fingerprint density at radius 1 is 1.38 bits per heavy atom. The third-order valence-corrected chi connectivity index (χ3v) is 6.17. The Morgan fingerprint density at radius 3 is 3.12 bits per heavy atom. The number of aromatic nitrogens is 1. The summed E-state index contributed by atoms with van der Waals surface area (Å²) in [6.07, 6.45) is 5.20. The van der Waals surface area contributed by atoms with Gasteiger partial charge in [-0.25, -0.2) is 0 Å². The molecule has 0 spiro atoms. The summed E-state index contributed by atoms with van der Waals surface area (Å²) in [4.78, 5) is 18.3. The van der Waals surface area contributed by atoms with Gasteiger partial charge in [0.2, 0.25) is 5.91 Å². The van der Waals surface area contributed by atoms with Gasteiger partial charge in [-0.2, -0.15) is 11.3 Å². The van der Waals surface area contributed by atoms with E-state index in [4.69, 9.17) is 0 Å². The summed E-state index contributed by atoms with van der Waals surface area (Å²) in [6, 6.07) is 10.8. The molecule has 0 unspecified atom stereocenters. The summed E-state index contributed by atoms with van der Waals surface area (Å²) >= 11 is 1.73. The van der Waals surface area contributed by atoms with Crippen LogP contribution in [0.2, 0.25) is 0 Å². The van der Waals surface area contributed by atoms with Crippen LogP contribution in [0, 0.1) is 0 Å². The minimum atomic E-state index is -0.0923. The molecule has 4 rings (SSSR count). The van der Waals surface area contributed by atoms with Gasteiger partial charge in [-0.3, -0.25) is 9.69 Å². The average Bonchev–Trinajstić information content (AvgIpc) is 3.40. The molecule has 4 nitrogen and oxygen atoms in total. The molecule has 3 heterocycles. The first kappa shape index (κ1) is 17.3. The van der Waals surface area contributed by atoms with Gasteiger partial charge in [0.1, 0.15) is 0 Å². The molecule has 0 saturated carbocycles. The second kappa shape index (κ2) is 7.64. The molecule has 1 aliphatic rings. The molecular weight excluding hydrogens is 342 g/mol. The molecule has 26 heavy (non-hydrogen) atoms. The molecule has 2 aromatic heterocycles. The minimum Gasteiger partial charge on any atom is -0.361 e. The molecule has 2 N–H and O–H groups in total. The van der Waals surface area contributed by atoms with Crippen molar-refractivity contribution in [2.24, 2.45) is 0 Å². The molecule has 1 fully saturated rings. The predicted molar refractivity (Wildman–Crippen MR) is 107 cm³/mol. The van der Waals surface area contributed by atoms with Crippen molar-refractivity contribution in [1.29, 1.82) is 0 Å². The Hall–Kier alpha value is -2.11. The van der Waals surface area contributed by atoms with E-state index in [2.05, 4.69) is 50.2 Å². The van der Waals surface area contributed by atoms with Crippen LogP contribution in [0.1, 0.15) is 36.9 Å². The lowest BCUT2D eigenvalue weighted by atomic mass is 10.1. The highest BCUT2D eigenvalue weighted by molar-refractivity contribution is 7.07. The standard InChI is InChI=1S/C21H25N3OS/c1-15(24-11-4-7-20(24)17-9-12-26-14-17)21(25)22-10-8-16-13-23-19-6-3-2-5-18(16)19/h2-3,5-6,9,12-15,20,23H,4,7-8,10-11H2,1H3,(H,22,25)/t15-,20-/m0/s1. The fourth-order valence-corrected chi connectivity index (χ4v) is 4.74. The van der Waals surface area contributed by atoms with E-state index >= 15 is 0 Å². The number of para-hydroxylation sites is 1. The largest absolute Gasteiger partial charge is 0.361 e. The summed E-state index contributed by atoms with van der Waals surface area (Å²) in [5.74, 6) is 0.131. The molecule has 1 aromatic carbocycles. The van der Waals surface area contributed by atoms with Crippen LogP contribution >= 0.6 is 11.3 Å². The molecule has 1 saturated heterocycles. The Kier molecular flexibility index (Phi) is 5.09. The molecule has 1 aliphatic heterocycles. The third kappa shape index (κ3) is 3.41. The Morgan fingerprint density at radius 2 is 2.27 bits per heavy atom. The first-order valence-corrected chi connectivity index (χ1v) is 10.3. The Labute approximate surface area is 158 Å². The smallest absolute Gasteiger partial charge is 0.237 e. The number of hydrogen-bond donors (Lipinski definition) is 2. The quantitative estimate of drug-likeness (QED) is 0.689. The lowest BCUT2D eigenvalue weighted by Gasteiger charge is -2.29. The van der Waals surface area contributed by atoms with Crippen molar-refractivity contribution in [3.05, 3.63) is 58.4 Å². The molecule has 136 valence electrons. The van der Waals surface area contributed by atoms with Crippen molar-refractivity contribution < 1.29 is 4.79 Å². The van der Waals surface area contributed by atoms with Gasteiger partial charge < -0.3 is 10.3 Å². The number of H-pyrrole nitrogens is 1. The Balaban J connectivity index is 1.34. The Bertz CT molecular complexity index is 870. The van der Waals surface area contributed by atoms with Crippen molar-refractivity contribution in [3.63, 3.8) is 0 Å². The van der Waals surface area contributed by atoms with Crippen molar-refractivity contribution in [3.8, 4) is 0 Å². The summed E-state index contributed by atoms with van der Waals surface area (Å²) < 4.78 is 0. The van der Waals surface area contributed by atoms with Crippen LogP contribution in [-0.4, -0.2) is 34.9 Å². The predicted octanol–water partition coefficient (Wildman–Crippen LogP) is 4.11. The number of aromatic amines is 1. The summed E-state index contributed by atoms with van der Waals surface area (Å²) in [5, 5.41) is 8.71. The maximum Gasteiger partial charge on any atom is 0.237 e. The third-order valence-electron chi connectivity index (χ3n) is 5.47. The highest BCUT2D eigenvalue weighted by Crippen LogP contribution is 2.34. The SMILES string of the molecule is C[C@@H](C(=O)NCCc1c[nH]c2ccccc12)N1CCC[C@H]1c1ccsc1. The van der Waals surface area contributed by atoms with E-state index in [-0.39, 0.29) is 11.9 Å². The highest BCUT2D eigenvalue weighted by atomic mass is 32.1. The van der Waals surface area contributed by atoms with Crippen molar-refractivity contribution in [2.45, 2.75) is 38.3 Å². The number of carbonyl (C=O) groups excluding carboxylic acids is 1. The van der Waals surface area contributed by atoms with E-state index < -0.39 is 0 Å². The van der Waals surface area contributed by atoms with Crippen LogP contribution in [0.5, 0.6) is 0 Å². The number of nitrogens with zero attached hydrogens (tertiary/aromatic N) is 1. The second-order valence-electron chi connectivity index (χ2n) is 7.03. The lowest BCUT2D eigenvalue weighted by Crippen LogP contribution is -2.45. The van der Waals surface area contributed by atoms with Gasteiger partial charge in [0.25, 0.3) is 0 Å². The second-order valence-corrected chi connectivity index (χ2v) is 7.81. The van der Waals surface area contributed by atoms with Gasteiger partial charge in [-0.1, -0.05) is 18.2 Å². The van der Waals surface area contributed by atoms with E-state index in [0.29, 0.717) is 12.6 Å². The van der Waals surface area contributed by atoms with Gasteiger partial charge in [0.05, 0.1) is 6.04 Å². The molecule has 3 aromatic rings. The topological polar surface area (TPSA) is 48.1 Å². The number of nitrogens with one attached hydrogen (secondary N) is 2. The van der Waals surface area contributed by atoms with Crippen LogP contribution in [0.3, 0.4) is 0 Å². The van der Waals surface area contributed by atoms with Crippen LogP contribution < -0.4 is 5.32 Å². The fourth-order valence-electron chi connectivity index (χ4n) is 4.03. The van der Waals surface area contributed by atoms with Crippen molar-refractivity contribution in [1.82, 2.24) is 15.2 Å². The van der Waals surface area contributed by atoms with E-state index in [0.717, 1.165) is 31.3 Å². The maximum atomic E-state index is 12.7. The maximum absolute atomic E-state index is 12.7. The zero-order valence-corrected chi connectivity index (χ0v) is 15.9. The number of amides is 1. The number of carbonyl (C=O) groups is 1. The summed E-state index contributed by atoms with van der Waals surface area (Å²) in [5.41, 5.74) is 3.76. The summed E-state index contributed by atoms with van der Waals surface area (Å²) in [6.45, 7) is 3.70. The van der Waals surface area contributed by atoms with Gasteiger partial charge in [-0.05, 0) is 66.8 Å². The van der Waals surface area contributed by atoms with Gasteiger partial charge >= 0.3 is 0 Å². The number of hydrogen-bond acceptors (Lipinski definition) is 3. The molecule has 0 bridgehead atoms. The lowest BCUT2D eigenvalue weighted by molar-refractivity contribution is -0.126. The van der Waals surface area contributed by atoms with E-state index in [1.807, 2.05) is 19.2 Å². The van der Waals surface area contributed by atoms with Crippen LogP contribution in [0.15, 0.2) is 47.3 Å². The van der Waals surface area contributed by atoms with Gasteiger partial charge in [-0.15, -0.1) is 0 Å². The van der Waals surface area contributed by atoms with Crippen molar-refractivity contribution in [2.75, 3.05) is 13.1 Å². The number of fused-ring (bicyclic) bond motifs is 1. The molecule has 2 atom stereocenters. The molecule has 1 amide bonds. The van der Waals surface area contributed by atoms with Crippen LogP contribution in [0.4, 0.5) is 0 Å². The van der Waals surface area contributed by atoms with Crippen LogP contribution in [-0.2, 0) is 11.2 Å². The average molecular weight is 368 g/mol. The number of likely N-dealkylation sites (tertiary alicyclic amines) is 1. The van der Waals surface area contributed by atoms with Gasteiger partial charge in [0, 0.05) is 29.7 Å². The zero-order chi connectivity index (χ0) is 17.9. The first-order valence-electron chi connectivity index (χ1n) is 9.34. The van der Waals surface area contributed by atoms with Crippen molar-refractivity contribution >= 4 is 28.1 Å². The van der Waals surface area contributed by atoms with Gasteiger partial charge in [0.15, 0.2) is 0 Å². The zero-order valence-electron chi connectivity index (χ0n) is 15.1. The van der Waals surface area contributed by atoms with E-state index in [1.165, 1.54) is 16.5 Å². The highest BCUT2D eigenvalue weighted by Gasteiger charge is 2.32. The first-order chi connectivity index (χ1) is 12.7. The van der Waals surface area contributed by atoms with E-state index in [9.17, 15) is 4.79 Å². The molecular formula is C21H25N3OS. The normalized spacial score (nSPS) is 19.0.